The van der Waals surface area contributed by atoms with Gasteiger partial charge in [-0.15, -0.1) is 45.3 Å². The second-order valence-electron chi connectivity index (χ2n) is 25.2. The molecule has 0 fully saturated rings. The minimum atomic E-state index is 0.748. The molecule has 1 aromatic carbocycles. The molecule has 0 spiro atoms. The van der Waals surface area contributed by atoms with Gasteiger partial charge in [-0.05, 0) is 64.5 Å². The highest BCUT2D eigenvalue weighted by Crippen LogP contribution is 2.53. The monoisotopic (exact) mass is 1200 g/mol. The highest BCUT2D eigenvalue weighted by molar-refractivity contribution is 7.28. The molecule has 0 bridgehead atoms. The molecule has 0 atom stereocenters. The molecule has 5 rings (SSSR count). The number of ether oxygens (including phenoxy) is 2. The summed E-state index contributed by atoms with van der Waals surface area (Å²) in [7, 11) is 0. The Labute approximate surface area is 521 Å². The number of unbranched alkanes of at least 4 members (excludes halogenated alkanes) is 44. The lowest BCUT2D eigenvalue weighted by atomic mass is 10.0. The highest BCUT2D eigenvalue weighted by Gasteiger charge is 2.25. The first kappa shape index (κ1) is 70.8. The zero-order chi connectivity index (χ0) is 57.9. The topological polar surface area (TPSA) is 44.2 Å². The van der Waals surface area contributed by atoms with Crippen molar-refractivity contribution in [2.45, 2.75) is 363 Å². The van der Waals surface area contributed by atoms with Crippen molar-refractivity contribution in [3.63, 3.8) is 0 Å². The summed E-state index contributed by atoms with van der Waals surface area (Å²) in [5.74, 6) is 2.11. The molecule has 0 aliphatic rings. The summed E-state index contributed by atoms with van der Waals surface area (Å²) in [4.78, 5) is 16.1. The number of hydrogen-bond acceptors (Lipinski definition) is 8. The van der Waals surface area contributed by atoms with E-state index in [9.17, 15) is 0 Å². The number of nitrogens with zero attached hydrogens (tertiary/aromatic N) is 2. The van der Waals surface area contributed by atoms with Crippen LogP contribution < -0.4 is 9.47 Å². The fraction of sp³-hybridized carbons (Fsp3) is 0.784. The molecule has 0 aliphatic carbocycles. The van der Waals surface area contributed by atoms with Crippen LogP contribution in [0.1, 0.15) is 357 Å². The summed E-state index contributed by atoms with van der Waals surface area (Å²) in [6.07, 6.45) is 67.6. The number of thiophene rings is 2. The van der Waals surface area contributed by atoms with Crippen LogP contribution in [-0.4, -0.2) is 23.2 Å². The zero-order valence-electron chi connectivity index (χ0n) is 54.3. The van der Waals surface area contributed by atoms with Crippen LogP contribution in [0.5, 0.6) is 11.5 Å². The Hall–Kier alpha value is -2.00. The Morgan fingerprint density at radius 3 is 0.780 bits per heavy atom. The first-order valence-corrected chi connectivity index (χ1v) is 39.0. The minimum absolute atomic E-state index is 0.748. The largest absolute Gasteiger partial charge is 0.491 e. The van der Waals surface area contributed by atoms with Gasteiger partial charge in [-0.1, -0.05) is 310 Å². The van der Waals surface area contributed by atoms with Crippen molar-refractivity contribution in [2.75, 3.05) is 13.2 Å². The second-order valence-corrected chi connectivity index (χ2v) is 29.7. The molecule has 4 aromatic heterocycles. The van der Waals surface area contributed by atoms with Crippen LogP contribution in [0.25, 0.3) is 39.9 Å². The number of aryl methyl sites for hydroxylation is 4. The van der Waals surface area contributed by atoms with Crippen molar-refractivity contribution < 1.29 is 9.47 Å². The molecule has 8 heteroatoms. The van der Waals surface area contributed by atoms with E-state index < -0.39 is 0 Å². The van der Waals surface area contributed by atoms with Crippen molar-refractivity contribution in [3.8, 4) is 31.3 Å². The van der Waals surface area contributed by atoms with Gasteiger partial charge in [-0.3, -0.25) is 0 Å². The molecule has 5 aromatic rings. The smallest absolute Gasteiger partial charge is 0.146 e. The number of fused-ring (bicyclic) bond motifs is 2. The molecule has 82 heavy (non-hydrogen) atoms. The fourth-order valence-corrected chi connectivity index (χ4v) is 16.6. The Balaban J connectivity index is 1.30. The predicted octanol–water partition coefficient (Wildman–Crippen LogP) is 27.6. The van der Waals surface area contributed by atoms with Gasteiger partial charge in [-0.25, -0.2) is 9.97 Å². The lowest BCUT2D eigenvalue weighted by Crippen LogP contribution is -2.00. The van der Waals surface area contributed by atoms with E-state index >= 15 is 0 Å². The Morgan fingerprint density at radius 2 is 0.524 bits per heavy atom. The van der Waals surface area contributed by atoms with E-state index in [1.54, 1.807) is 0 Å². The fourth-order valence-electron chi connectivity index (χ4n) is 12.2. The molecule has 0 amide bonds. The molecule has 4 nitrogen and oxygen atoms in total. The number of benzene rings is 1. The van der Waals surface area contributed by atoms with E-state index in [4.69, 9.17) is 19.4 Å². The van der Waals surface area contributed by atoms with Gasteiger partial charge in [0.15, 0.2) is 0 Å². The van der Waals surface area contributed by atoms with E-state index in [0.29, 0.717) is 0 Å². The number of rotatable bonds is 56. The van der Waals surface area contributed by atoms with Crippen LogP contribution in [0.15, 0.2) is 12.1 Å². The van der Waals surface area contributed by atoms with Gasteiger partial charge in [0.1, 0.15) is 21.5 Å². The van der Waals surface area contributed by atoms with Gasteiger partial charge in [0, 0.05) is 20.5 Å². The molecule has 0 unspecified atom stereocenters. The van der Waals surface area contributed by atoms with Crippen LogP contribution in [0, 0.1) is 13.8 Å². The Bertz CT molecular complexity index is 2100. The summed E-state index contributed by atoms with van der Waals surface area (Å²) in [5.41, 5.74) is 2.61. The van der Waals surface area contributed by atoms with Gasteiger partial charge in [0.2, 0.25) is 0 Å². The normalized spacial score (nSPS) is 11.9. The molecular formula is C74H124N2O2S4. The van der Waals surface area contributed by atoms with Crippen molar-refractivity contribution in [2.24, 2.45) is 0 Å². The van der Waals surface area contributed by atoms with Gasteiger partial charge in [0.25, 0.3) is 0 Å². The van der Waals surface area contributed by atoms with E-state index in [1.807, 2.05) is 45.3 Å². The molecule has 0 aliphatic heterocycles. The maximum Gasteiger partial charge on any atom is 0.146 e. The molecule has 466 valence electrons. The van der Waals surface area contributed by atoms with Gasteiger partial charge in [-0.2, -0.15) is 0 Å². The number of aromatic nitrogens is 2. The maximum atomic E-state index is 7.14. The zero-order valence-corrected chi connectivity index (χ0v) is 57.5. The molecule has 0 saturated carbocycles. The summed E-state index contributed by atoms with van der Waals surface area (Å²) in [5, 5.41) is 4.75. The van der Waals surface area contributed by atoms with Crippen molar-refractivity contribution in [3.05, 3.63) is 33.3 Å². The first-order valence-electron chi connectivity index (χ1n) is 35.7. The first-order chi connectivity index (χ1) is 40.5. The lowest BCUT2D eigenvalue weighted by molar-refractivity contribution is 0.307. The molecule has 0 N–H and O–H groups in total. The van der Waals surface area contributed by atoms with E-state index in [-0.39, 0.29) is 0 Å². The van der Waals surface area contributed by atoms with Gasteiger partial charge in [0.05, 0.1) is 43.8 Å². The average molecular weight is 1200 g/mol. The quantitative estimate of drug-likeness (QED) is 0.0364. The van der Waals surface area contributed by atoms with Crippen molar-refractivity contribution >= 4 is 65.5 Å². The average Bonchev–Trinajstić information content (AvgIpc) is 4.29. The Morgan fingerprint density at radius 1 is 0.293 bits per heavy atom. The van der Waals surface area contributed by atoms with Crippen molar-refractivity contribution in [1.82, 2.24) is 9.97 Å². The van der Waals surface area contributed by atoms with Crippen molar-refractivity contribution in [1.29, 1.82) is 0 Å². The van der Waals surface area contributed by atoms with Crippen LogP contribution >= 0.6 is 45.3 Å². The number of thiazole rings is 2. The minimum Gasteiger partial charge on any atom is -0.491 e. The van der Waals surface area contributed by atoms with E-state index in [0.717, 1.165) is 60.4 Å². The highest BCUT2D eigenvalue weighted by atomic mass is 32.1. The summed E-state index contributed by atoms with van der Waals surface area (Å²) >= 11 is 7.56. The molecule has 4 heterocycles. The molecular weight excluding hydrogens is 1080 g/mol. The SMILES string of the molecule is CCCCCCCCCCCCCCOc1c2cc(-c3nc(CCCCCCCCCCCCCC)c(C)s3)sc2c(OCCCCCCCCCCCCCC)c2cc(-c3nc(CCCCCCCCCCCCCC)c(C)s3)sc12. The molecule has 0 saturated heterocycles. The lowest BCUT2D eigenvalue weighted by Gasteiger charge is -2.14. The summed E-state index contributed by atoms with van der Waals surface area (Å²) < 4.78 is 16.7. The third kappa shape index (κ3) is 28.2. The van der Waals surface area contributed by atoms with Crippen LogP contribution in [-0.2, 0) is 12.8 Å². The summed E-state index contributed by atoms with van der Waals surface area (Å²) in [6.45, 7) is 15.4. The standard InChI is InChI=1S/C74H124N2O2S4/c1-7-11-15-19-23-27-31-35-39-43-47-51-55-65-61(5)79-73(75-65)67-59-63-69(77-57-53-49-45-41-37-33-29-25-21-17-13-9-3)72-64(70(71(63)81-67)78-58-54-50-46-42-38-34-30-26-22-18-14-10-4)60-68(82-72)74-76-66(62(6)80-74)56-52-48-44-40-36-32-28-24-20-16-12-8-2/h59-60H,7-58H2,1-6H3. The third-order valence-corrected chi connectivity index (χ3v) is 22.2. The van der Waals surface area contributed by atoms with Gasteiger partial charge < -0.3 is 9.47 Å². The third-order valence-electron chi connectivity index (χ3n) is 17.6. The summed E-state index contributed by atoms with van der Waals surface area (Å²) in [6, 6.07) is 4.86. The molecule has 0 radical (unpaired) electrons. The maximum absolute atomic E-state index is 7.14. The van der Waals surface area contributed by atoms with Crippen LogP contribution in [0.3, 0.4) is 0 Å². The predicted molar refractivity (Wildman–Crippen MR) is 372 cm³/mol. The second kappa shape index (κ2) is 46.2. The van der Waals surface area contributed by atoms with Gasteiger partial charge >= 0.3 is 0 Å². The van der Waals surface area contributed by atoms with Crippen LogP contribution in [0.2, 0.25) is 0 Å². The van der Waals surface area contributed by atoms with E-state index in [2.05, 4.69) is 53.7 Å². The Kier molecular flexibility index (Phi) is 39.9. The van der Waals surface area contributed by atoms with E-state index in [1.165, 1.54) is 346 Å². The number of hydrogen-bond donors (Lipinski definition) is 0. The van der Waals surface area contributed by atoms with Crippen LogP contribution in [0.4, 0.5) is 0 Å².